The average molecular weight is 292 g/mol. The number of nitrogens with zero attached hydrogens (tertiary/aromatic N) is 2. The molecule has 1 aromatic heterocycles. The van der Waals surface area contributed by atoms with Gasteiger partial charge in [0.2, 0.25) is 5.91 Å². The van der Waals surface area contributed by atoms with Crippen molar-refractivity contribution in [2.45, 2.75) is 6.92 Å². The second kappa shape index (κ2) is 7.58. The Labute approximate surface area is 123 Å². The van der Waals surface area contributed by atoms with E-state index in [-0.39, 0.29) is 18.4 Å². The van der Waals surface area contributed by atoms with E-state index in [0.29, 0.717) is 25.5 Å². The van der Waals surface area contributed by atoms with Gasteiger partial charge in [-0.1, -0.05) is 0 Å². The summed E-state index contributed by atoms with van der Waals surface area (Å²) in [7, 11) is 0. The lowest BCUT2D eigenvalue weighted by molar-refractivity contribution is -0.120. The minimum atomic E-state index is -0.351. The van der Waals surface area contributed by atoms with E-state index in [1.807, 2.05) is 13.0 Å². The van der Waals surface area contributed by atoms with Crippen LogP contribution >= 0.6 is 0 Å². The Morgan fingerprint density at radius 3 is 2.81 bits per heavy atom. The van der Waals surface area contributed by atoms with Crippen LogP contribution in [0.1, 0.15) is 17.4 Å². The summed E-state index contributed by atoms with van der Waals surface area (Å²) in [6.07, 6.45) is 1.60. The van der Waals surface area contributed by atoms with Crippen LogP contribution in [-0.4, -0.2) is 56.2 Å². The lowest BCUT2D eigenvalue weighted by Crippen LogP contribution is -2.38. The van der Waals surface area contributed by atoms with Crippen LogP contribution < -0.4 is 15.5 Å². The smallest absolute Gasteiger partial charge is 0.270 e. The monoisotopic (exact) mass is 292 g/mol. The molecule has 2 N–H and O–H groups in total. The third-order valence-electron chi connectivity index (χ3n) is 3.14. The van der Waals surface area contributed by atoms with Crippen molar-refractivity contribution in [3.05, 3.63) is 24.0 Å². The minimum absolute atomic E-state index is 0.0455. The first-order valence-corrected chi connectivity index (χ1v) is 7.04. The number of pyridine rings is 1. The van der Waals surface area contributed by atoms with Gasteiger partial charge in [-0.25, -0.2) is 0 Å². The molecule has 1 fully saturated rings. The lowest BCUT2D eigenvalue weighted by atomic mass is 10.2. The van der Waals surface area contributed by atoms with Crippen LogP contribution in [0.3, 0.4) is 0 Å². The molecular weight excluding hydrogens is 272 g/mol. The van der Waals surface area contributed by atoms with E-state index < -0.39 is 0 Å². The first-order valence-electron chi connectivity index (χ1n) is 7.04. The summed E-state index contributed by atoms with van der Waals surface area (Å²) in [4.78, 5) is 29.5. The molecule has 2 heterocycles. The van der Waals surface area contributed by atoms with Crippen molar-refractivity contribution in [2.24, 2.45) is 0 Å². The SMILES string of the molecule is CCNC(=O)CNC(=O)c1cc(N2CCOCC2)ccn1. The number of hydrogen-bond donors (Lipinski definition) is 2. The predicted octanol–water partition coefficient (Wildman–Crippen LogP) is -0.216. The second-order valence-electron chi connectivity index (χ2n) is 4.63. The van der Waals surface area contributed by atoms with Gasteiger partial charge in [0, 0.05) is 31.5 Å². The van der Waals surface area contributed by atoms with E-state index >= 15 is 0 Å². The van der Waals surface area contributed by atoms with Crippen LogP contribution in [-0.2, 0) is 9.53 Å². The van der Waals surface area contributed by atoms with E-state index in [9.17, 15) is 9.59 Å². The van der Waals surface area contributed by atoms with Gasteiger partial charge in [-0.15, -0.1) is 0 Å². The fourth-order valence-corrected chi connectivity index (χ4v) is 2.07. The van der Waals surface area contributed by atoms with Gasteiger partial charge in [-0.05, 0) is 19.1 Å². The van der Waals surface area contributed by atoms with E-state index in [1.165, 1.54) is 0 Å². The van der Waals surface area contributed by atoms with E-state index in [0.717, 1.165) is 18.8 Å². The van der Waals surface area contributed by atoms with Crippen LogP contribution in [0.25, 0.3) is 0 Å². The molecule has 0 spiro atoms. The maximum absolute atomic E-state index is 12.0. The maximum Gasteiger partial charge on any atom is 0.270 e. The molecule has 0 saturated carbocycles. The number of carbonyl (C=O) groups is 2. The standard InChI is InChI=1S/C14H20N4O3/c1-2-15-13(19)10-17-14(20)12-9-11(3-4-16-12)18-5-7-21-8-6-18/h3-4,9H,2,5-8,10H2,1H3,(H,15,19)(H,17,20). The van der Waals surface area contributed by atoms with Gasteiger partial charge in [0.25, 0.3) is 5.91 Å². The lowest BCUT2D eigenvalue weighted by Gasteiger charge is -2.28. The quantitative estimate of drug-likeness (QED) is 0.784. The number of carbonyl (C=O) groups excluding carboxylic acids is 2. The second-order valence-corrected chi connectivity index (χ2v) is 4.63. The van der Waals surface area contributed by atoms with Gasteiger partial charge >= 0.3 is 0 Å². The highest BCUT2D eigenvalue weighted by Crippen LogP contribution is 2.15. The fourth-order valence-electron chi connectivity index (χ4n) is 2.07. The summed E-state index contributed by atoms with van der Waals surface area (Å²) >= 11 is 0. The molecule has 0 atom stereocenters. The molecule has 21 heavy (non-hydrogen) atoms. The van der Waals surface area contributed by atoms with Crippen molar-refractivity contribution in [3.63, 3.8) is 0 Å². The molecule has 1 aliphatic heterocycles. The van der Waals surface area contributed by atoms with Crippen LogP contribution in [0.4, 0.5) is 5.69 Å². The maximum atomic E-state index is 12.0. The van der Waals surface area contributed by atoms with Gasteiger partial charge in [0.05, 0.1) is 19.8 Å². The number of rotatable bonds is 5. The Balaban J connectivity index is 1.96. The number of morpholine rings is 1. The number of hydrogen-bond acceptors (Lipinski definition) is 5. The van der Waals surface area contributed by atoms with Crippen molar-refractivity contribution in [1.29, 1.82) is 0 Å². The first kappa shape index (κ1) is 15.2. The van der Waals surface area contributed by atoms with Gasteiger partial charge in [-0.3, -0.25) is 14.6 Å². The third-order valence-corrected chi connectivity index (χ3v) is 3.14. The summed E-state index contributed by atoms with van der Waals surface area (Å²) in [6.45, 7) is 5.28. The number of anilines is 1. The zero-order valence-corrected chi connectivity index (χ0v) is 12.1. The molecule has 1 saturated heterocycles. The molecule has 0 radical (unpaired) electrons. The zero-order chi connectivity index (χ0) is 15.1. The van der Waals surface area contributed by atoms with Crippen molar-refractivity contribution in [2.75, 3.05) is 44.3 Å². The Morgan fingerprint density at radius 2 is 2.10 bits per heavy atom. The van der Waals surface area contributed by atoms with Crippen molar-refractivity contribution < 1.29 is 14.3 Å². The molecule has 0 aromatic carbocycles. The Bertz CT molecular complexity index is 501. The summed E-state index contributed by atoms with van der Waals surface area (Å²) in [5.74, 6) is -0.563. The highest BCUT2D eigenvalue weighted by atomic mass is 16.5. The minimum Gasteiger partial charge on any atom is -0.378 e. The number of likely N-dealkylation sites (N-methyl/N-ethyl adjacent to an activating group) is 1. The molecule has 114 valence electrons. The highest BCUT2D eigenvalue weighted by Gasteiger charge is 2.14. The summed E-state index contributed by atoms with van der Waals surface area (Å²) in [5, 5.41) is 5.18. The molecular formula is C14H20N4O3. The van der Waals surface area contributed by atoms with E-state index in [2.05, 4.69) is 20.5 Å². The fraction of sp³-hybridized carbons (Fsp3) is 0.500. The van der Waals surface area contributed by atoms with Gasteiger partial charge < -0.3 is 20.3 Å². The largest absolute Gasteiger partial charge is 0.378 e. The number of nitrogens with one attached hydrogen (secondary N) is 2. The molecule has 1 aliphatic rings. The van der Waals surface area contributed by atoms with Gasteiger partial charge in [0.1, 0.15) is 5.69 Å². The topological polar surface area (TPSA) is 83.6 Å². The van der Waals surface area contributed by atoms with Gasteiger partial charge in [-0.2, -0.15) is 0 Å². The molecule has 7 nitrogen and oxygen atoms in total. The third kappa shape index (κ3) is 4.42. The highest BCUT2D eigenvalue weighted by molar-refractivity contribution is 5.95. The molecule has 0 aliphatic carbocycles. The molecule has 0 unspecified atom stereocenters. The van der Waals surface area contributed by atoms with E-state index in [1.54, 1.807) is 12.3 Å². The average Bonchev–Trinajstić information content (AvgIpc) is 2.54. The summed E-state index contributed by atoms with van der Waals surface area (Å²) in [5.41, 5.74) is 1.25. The predicted molar refractivity (Wildman–Crippen MR) is 78.3 cm³/mol. The Kier molecular flexibility index (Phi) is 5.51. The van der Waals surface area contributed by atoms with Crippen LogP contribution in [0.15, 0.2) is 18.3 Å². The number of ether oxygens (including phenoxy) is 1. The normalized spacial score (nSPS) is 14.6. The Hall–Kier alpha value is -2.15. The number of aromatic nitrogens is 1. The van der Waals surface area contributed by atoms with Crippen LogP contribution in [0.5, 0.6) is 0 Å². The molecule has 1 aromatic rings. The van der Waals surface area contributed by atoms with Crippen molar-refractivity contribution in [1.82, 2.24) is 15.6 Å². The van der Waals surface area contributed by atoms with Crippen molar-refractivity contribution >= 4 is 17.5 Å². The number of amides is 2. The summed E-state index contributed by atoms with van der Waals surface area (Å²) in [6, 6.07) is 3.60. The van der Waals surface area contributed by atoms with E-state index in [4.69, 9.17) is 4.74 Å². The molecule has 0 bridgehead atoms. The van der Waals surface area contributed by atoms with Crippen LogP contribution in [0.2, 0.25) is 0 Å². The van der Waals surface area contributed by atoms with Crippen LogP contribution in [0, 0.1) is 0 Å². The summed E-state index contributed by atoms with van der Waals surface area (Å²) < 4.78 is 5.31. The molecule has 7 heteroatoms. The first-order chi connectivity index (χ1) is 10.2. The zero-order valence-electron chi connectivity index (χ0n) is 12.1. The molecule has 2 rings (SSSR count). The van der Waals surface area contributed by atoms with Gasteiger partial charge in [0.15, 0.2) is 0 Å². The molecule has 2 amide bonds. The Morgan fingerprint density at radius 1 is 1.33 bits per heavy atom. The van der Waals surface area contributed by atoms with Crippen molar-refractivity contribution in [3.8, 4) is 0 Å².